The molecule has 3 nitrogen and oxygen atoms in total. The highest BCUT2D eigenvalue weighted by Crippen LogP contribution is 2.21. The molecule has 0 saturated carbocycles. The molecule has 65 valence electrons. The van der Waals surface area contributed by atoms with Gasteiger partial charge in [-0.05, 0) is 17.7 Å². The maximum absolute atomic E-state index is 7.18. The highest BCUT2D eigenvalue weighted by atomic mass is 16.5. The van der Waals surface area contributed by atoms with Gasteiger partial charge in [0, 0.05) is 12.6 Å². The fraction of sp³-hybridized carbons (Fsp3) is 0.333. The average molecular weight is 166 g/mol. The molecule has 1 radical (unpaired) electrons. The molecular formula is C9H12NO2. The molecule has 1 aromatic rings. The van der Waals surface area contributed by atoms with Crippen LogP contribution in [-0.2, 0) is 6.54 Å². The van der Waals surface area contributed by atoms with Crippen molar-refractivity contribution in [3.05, 3.63) is 23.8 Å². The van der Waals surface area contributed by atoms with Crippen LogP contribution in [0.2, 0.25) is 0 Å². The van der Waals surface area contributed by atoms with Gasteiger partial charge in [-0.25, -0.2) is 0 Å². The summed E-state index contributed by atoms with van der Waals surface area (Å²) in [5.41, 5.74) is 8.07. The maximum Gasteiger partial charge on any atom is 0.122 e. The summed E-state index contributed by atoms with van der Waals surface area (Å²) in [6.07, 6.45) is 0. The van der Waals surface area contributed by atoms with Crippen LogP contribution in [0.3, 0.4) is 0 Å². The van der Waals surface area contributed by atoms with Gasteiger partial charge >= 0.3 is 0 Å². The van der Waals surface area contributed by atoms with Gasteiger partial charge in [-0.2, -0.15) is 0 Å². The Morgan fingerprint density at radius 1 is 1.08 bits per heavy atom. The normalized spacial score (nSPS) is 9.58. The van der Waals surface area contributed by atoms with Crippen LogP contribution in [0.4, 0.5) is 0 Å². The van der Waals surface area contributed by atoms with Crippen LogP contribution in [0.5, 0.6) is 11.5 Å². The monoisotopic (exact) mass is 166 g/mol. The Bertz CT molecular complexity index is 205. The Labute approximate surface area is 72.1 Å². The van der Waals surface area contributed by atoms with E-state index in [0.29, 0.717) is 0 Å². The molecule has 0 fully saturated rings. The highest BCUT2D eigenvalue weighted by Gasteiger charge is 1.99. The van der Waals surface area contributed by atoms with Crippen LogP contribution in [-0.4, -0.2) is 14.2 Å². The molecule has 0 saturated heterocycles. The highest BCUT2D eigenvalue weighted by molar-refractivity contribution is 5.38. The fourth-order valence-electron chi connectivity index (χ4n) is 0.968. The zero-order valence-electron chi connectivity index (χ0n) is 7.26. The molecule has 0 aliphatic carbocycles. The lowest BCUT2D eigenvalue weighted by Gasteiger charge is -2.05. The summed E-state index contributed by atoms with van der Waals surface area (Å²) < 4.78 is 10.1. The van der Waals surface area contributed by atoms with Gasteiger partial charge in [0.15, 0.2) is 0 Å². The van der Waals surface area contributed by atoms with Crippen LogP contribution in [0.25, 0.3) is 0 Å². The van der Waals surface area contributed by atoms with E-state index in [0.717, 1.165) is 17.1 Å². The first-order chi connectivity index (χ1) is 5.80. The first kappa shape index (κ1) is 8.87. The Morgan fingerprint density at radius 3 is 1.92 bits per heavy atom. The van der Waals surface area contributed by atoms with E-state index in [2.05, 4.69) is 0 Å². The van der Waals surface area contributed by atoms with Gasteiger partial charge in [-0.15, -0.1) is 0 Å². The van der Waals surface area contributed by atoms with Gasteiger partial charge in [0.2, 0.25) is 0 Å². The number of ether oxygens (including phenoxy) is 2. The molecule has 0 atom stereocenters. The number of rotatable bonds is 3. The van der Waals surface area contributed by atoms with E-state index in [1.807, 2.05) is 12.1 Å². The summed E-state index contributed by atoms with van der Waals surface area (Å²) in [5, 5.41) is 0. The van der Waals surface area contributed by atoms with Gasteiger partial charge in [0.25, 0.3) is 0 Å². The second-order valence-corrected chi connectivity index (χ2v) is 2.40. The van der Waals surface area contributed by atoms with Crippen molar-refractivity contribution in [1.82, 2.24) is 5.73 Å². The third-order valence-electron chi connectivity index (χ3n) is 1.62. The molecule has 12 heavy (non-hydrogen) atoms. The van der Waals surface area contributed by atoms with Gasteiger partial charge in [0.1, 0.15) is 11.5 Å². The van der Waals surface area contributed by atoms with Crippen LogP contribution in [0.15, 0.2) is 18.2 Å². The third-order valence-corrected chi connectivity index (χ3v) is 1.62. The van der Waals surface area contributed by atoms with Crippen LogP contribution >= 0.6 is 0 Å². The summed E-state index contributed by atoms with van der Waals surface area (Å²) >= 11 is 0. The Hall–Kier alpha value is -1.22. The van der Waals surface area contributed by atoms with E-state index in [9.17, 15) is 0 Å². The molecule has 0 aliphatic heterocycles. The molecule has 0 bridgehead atoms. The molecule has 0 unspecified atom stereocenters. The smallest absolute Gasteiger partial charge is 0.122 e. The van der Waals surface area contributed by atoms with Crippen LogP contribution < -0.4 is 15.2 Å². The average Bonchev–Trinajstić information content (AvgIpc) is 2.16. The zero-order chi connectivity index (χ0) is 8.97. The molecule has 0 aliphatic rings. The van der Waals surface area contributed by atoms with E-state index in [1.54, 1.807) is 20.3 Å². The van der Waals surface area contributed by atoms with Gasteiger partial charge in [-0.1, -0.05) is 0 Å². The number of hydrogen-bond acceptors (Lipinski definition) is 2. The topological polar surface area (TPSA) is 42.3 Å². The Morgan fingerprint density at radius 2 is 1.58 bits per heavy atom. The number of nitrogens with one attached hydrogen (secondary N) is 1. The number of benzene rings is 1. The minimum atomic E-state index is 0.244. The zero-order valence-corrected chi connectivity index (χ0v) is 7.26. The van der Waals surface area contributed by atoms with Crippen molar-refractivity contribution in [3.63, 3.8) is 0 Å². The Kier molecular flexibility index (Phi) is 2.94. The lowest BCUT2D eigenvalue weighted by Crippen LogP contribution is -1.91. The van der Waals surface area contributed by atoms with Gasteiger partial charge < -0.3 is 9.47 Å². The number of methoxy groups -OCH3 is 2. The fourth-order valence-corrected chi connectivity index (χ4v) is 0.968. The largest absolute Gasteiger partial charge is 0.497 e. The van der Waals surface area contributed by atoms with Crippen molar-refractivity contribution >= 4 is 0 Å². The second kappa shape index (κ2) is 3.97. The SMILES string of the molecule is COc1cc(C[NH])cc(OC)c1. The second-order valence-electron chi connectivity index (χ2n) is 2.40. The van der Waals surface area contributed by atoms with E-state index in [-0.39, 0.29) is 6.54 Å². The molecule has 0 aromatic heterocycles. The van der Waals surface area contributed by atoms with Crippen molar-refractivity contribution in [2.75, 3.05) is 14.2 Å². The van der Waals surface area contributed by atoms with E-state index in [4.69, 9.17) is 15.2 Å². The van der Waals surface area contributed by atoms with E-state index in [1.165, 1.54) is 0 Å². The van der Waals surface area contributed by atoms with E-state index >= 15 is 0 Å². The molecule has 0 spiro atoms. The first-order valence-corrected chi connectivity index (χ1v) is 3.66. The summed E-state index contributed by atoms with van der Waals surface area (Å²) in [6, 6.07) is 5.45. The summed E-state index contributed by atoms with van der Waals surface area (Å²) in [4.78, 5) is 0. The van der Waals surface area contributed by atoms with Crippen molar-refractivity contribution < 1.29 is 9.47 Å². The maximum atomic E-state index is 7.18. The van der Waals surface area contributed by atoms with E-state index < -0.39 is 0 Å². The van der Waals surface area contributed by atoms with Crippen LogP contribution in [0.1, 0.15) is 5.56 Å². The van der Waals surface area contributed by atoms with Crippen molar-refractivity contribution in [1.29, 1.82) is 0 Å². The molecule has 0 amide bonds. The first-order valence-electron chi connectivity index (χ1n) is 3.66. The van der Waals surface area contributed by atoms with Crippen molar-refractivity contribution in [3.8, 4) is 11.5 Å². The quantitative estimate of drug-likeness (QED) is 0.682. The molecule has 3 heteroatoms. The third kappa shape index (κ3) is 1.89. The Balaban J connectivity index is 3.01. The minimum Gasteiger partial charge on any atom is -0.497 e. The summed E-state index contributed by atoms with van der Waals surface area (Å²) in [7, 11) is 3.20. The lowest BCUT2D eigenvalue weighted by molar-refractivity contribution is 0.393. The van der Waals surface area contributed by atoms with Gasteiger partial charge in [-0.3, -0.25) is 5.73 Å². The van der Waals surface area contributed by atoms with Crippen LogP contribution in [0, 0.1) is 0 Å². The summed E-state index contributed by atoms with van der Waals surface area (Å²) in [6.45, 7) is 0.244. The summed E-state index contributed by atoms with van der Waals surface area (Å²) in [5.74, 6) is 1.47. The predicted octanol–water partition coefficient (Wildman–Crippen LogP) is 1.49. The molecule has 1 aromatic carbocycles. The molecular weight excluding hydrogens is 154 g/mol. The number of hydrogen-bond donors (Lipinski definition) is 0. The predicted molar refractivity (Wildman–Crippen MR) is 46.3 cm³/mol. The lowest BCUT2D eigenvalue weighted by atomic mass is 10.2. The van der Waals surface area contributed by atoms with Crippen molar-refractivity contribution in [2.24, 2.45) is 0 Å². The minimum absolute atomic E-state index is 0.244. The molecule has 0 heterocycles. The standard InChI is InChI=1S/C9H12NO2/c1-11-8-3-7(6-10)4-9(5-8)12-2/h3-5,10H,6H2,1-2H3. The molecule has 1 N–H and O–H groups in total. The van der Waals surface area contributed by atoms with Gasteiger partial charge in [0.05, 0.1) is 14.2 Å². The van der Waals surface area contributed by atoms with Crippen molar-refractivity contribution in [2.45, 2.75) is 6.54 Å². The molecule has 1 rings (SSSR count).